The third kappa shape index (κ3) is 2.79. The maximum Gasteiger partial charge on any atom is 0.160 e. The van der Waals surface area contributed by atoms with E-state index >= 15 is 0 Å². The van der Waals surface area contributed by atoms with Crippen molar-refractivity contribution in [2.75, 3.05) is 7.11 Å². The third-order valence-electron chi connectivity index (χ3n) is 1.73. The van der Waals surface area contributed by atoms with E-state index in [9.17, 15) is 5.11 Å². The van der Waals surface area contributed by atoms with Gasteiger partial charge in [0.25, 0.3) is 0 Å². The Bertz CT molecular complexity index is 276. The molecule has 0 saturated heterocycles. The molecule has 0 unspecified atom stereocenters. The molecule has 0 aliphatic rings. The van der Waals surface area contributed by atoms with E-state index in [2.05, 4.69) is 0 Å². The molecule has 0 aromatic heterocycles. The highest BCUT2D eigenvalue weighted by Gasteiger charge is 2.04. The summed E-state index contributed by atoms with van der Waals surface area (Å²) in [6.45, 7) is 1.86. The van der Waals surface area contributed by atoms with E-state index in [1.807, 2.05) is 13.0 Å². The van der Waals surface area contributed by atoms with Crippen LogP contribution in [0.3, 0.4) is 0 Å². The van der Waals surface area contributed by atoms with E-state index in [1.165, 1.54) is 7.11 Å². The number of nitrogens with two attached hydrogens (primary N) is 1. The van der Waals surface area contributed by atoms with Crippen molar-refractivity contribution in [1.29, 1.82) is 0 Å². The highest BCUT2D eigenvalue weighted by molar-refractivity contribution is 5.85. The van der Waals surface area contributed by atoms with Crippen LogP contribution in [0.4, 0.5) is 0 Å². The largest absolute Gasteiger partial charge is 0.504 e. The van der Waals surface area contributed by atoms with Crippen LogP contribution in [0.25, 0.3) is 0 Å². The molecule has 4 heteroatoms. The molecular weight excluding hydrogens is 190 g/mol. The smallest absolute Gasteiger partial charge is 0.160 e. The molecule has 0 amide bonds. The zero-order chi connectivity index (χ0) is 9.14. The number of benzene rings is 1. The van der Waals surface area contributed by atoms with Crippen LogP contribution < -0.4 is 10.5 Å². The predicted molar refractivity (Wildman–Crippen MR) is 54.5 cm³/mol. The topological polar surface area (TPSA) is 55.5 Å². The number of methoxy groups -OCH3 is 1. The van der Waals surface area contributed by atoms with Gasteiger partial charge < -0.3 is 15.6 Å². The number of ether oxygens (including phenoxy) is 1. The van der Waals surface area contributed by atoms with Gasteiger partial charge in [0.1, 0.15) is 0 Å². The van der Waals surface area contributed by atoms with Gasteiger partial charge in [-0.05, 0) is 24.6 Å². The molecule has 0 aliphatic heterocycles. The maximum absolute atomic E-state index is 9.36. The van der Waals surface area contributed by atoms with E-state index in [0.717, 1.165) is 5.56 Å². The summed E-state index contributed by atoms with van der Waals surface area (Å²) in [5.41, 5.74) is 6.52. The second-order valence-electron chi connectivity index (χ2n) is 2.72. The molecular formula is C9H14ClNO2. The van der Waals surface area contributed by atoms with Crippen molar-refractivity contribution in [1.82, 2.24) is 0 Å². The molecule has 74 valence electrons. The van der Waals surface area contributed by atoms with E-state index in [1.54, 1.807) is 12.1 Å². The fourth-order valence-corrected chi connectivity index (χ4v) is 0.990. The van der Waals surface area contributed by atoms with E-state index in [-0.39, 0.29) is 24.2 Å². The van der Waals surface area contributed by atoms with Crippen molar-refractivity contribution >= 4 is 12.4 Å². The molecule has 0 aliphatic carbocycles. The number of phenolic OH excluding ortho intramolecular Hbond substituents is 1. The Balaban J connectivity index is 0.00000144. The standard InChI is InChI=1S/C9H13NO2.ClH/c1-6(10)7-3-4-9(12-2)8(11)5-7;/h3-6,11H,10H2,1-2H3;1H/t6-;/m0./s1. The fraction of sp³-hybridized carbons (Fsp3) is 0.333. The van der Waals surface area contributed by atoms with Crippen molar-refractivity contribution < 1.29 is 9.84 Å². The highest BCUT2D eigenvalue weighted by Crippen LogP contribution is 2.27. The average molecular weight is 204 g/mol. The van der Waals surface area contributed by atoms with Crippen molar-refractivity contribution in [3.63, 3.8) is 0 Å². The first-order valence-corrected chi connectivity index (χ1v) is 3.77. The lowest BCUT2D eigenvalue weighted by Gasteiger charge is -2.08. The number of hydrogen-bond acceptors (Lipinski definition) is 3. The molecule has 0 radical (unpaired) electrons. The molecule has 1 aromatic carbocycles. The predicted octanol–water partition coefficient (Wildman–Crippen LogP) is 1.84. The van der Waals surface area contributed by atoms with Crippen LogP contribution in [0.2, 0.25) is 0 Å². The Labute approximate surface area is 83.9 Å². The quantitative estimate of drug-likeness (QED) is 0.771. The summed E-state index contributed by atoms with van der Waals surface area (Å²) in [6, 6.07) is 5.09. The van der Waals surface area contributed by atoms with Gasteiger partial charge in [0.2, 0.25) is 0 Å². The first-order valence-electron chi connectivity index (χ1n) is 3.77. The summed E-state index contributed by atoms with van der Waals surface area (Å²) >= 11 is 0. The Kier molecular flexibility index (Phi) is 4.59. The van der Waals surface area contributed by atoms with Crippen LogP contribution in [0.1, 0.15) is 18.5 Å². The fourth-order valence-electron chi connectivity index (χ4n) is 0.990. The Morgan fingerprint density at radius 3 is 2.46 bits per heavy atom. The number of hydrogen-bond donors (Lipinski definition) is 2. The maximum atomic E-state index is 9.36. The van der Waals surface area contributed by atoms with Crippen LogP contribution >= 0.6 is 12.4 Å². The second-order valence-corrected chi connectivity index (χ2v) is 2.72. The van der Waals surface area contributed by atoms with Gasteiger partial charge in [-0.15, -0.1) is 12.4 Å². The summed E-state index contributed by atoms with van der Waals surface area (Å²) < 4.78 is 4.89. The van der Waals surface area contributed by atoms with Gasteiger partial charge >= 0.3 is 0 Å². The first kappa shape index (κ1) is 12.1. The van der Waals surface area contributed by atoms with Crippen LogP contribution in [0.5, 0.6) is 11.5 Å². The highest BCUT2D eigenvalue weighted by atomic mass is 35.5. The van der Waals surface area contributed by atoms with Crippen LogP contribution in [-0.4, -0.2) is 12.2 Å². The minimum absolute atomic E-state index is 0. The van der Waals surface area contributed by atoms with E-state index in [4.69, 9.17) is 10.5 Å². The van der Waals surface area contributed by atoms with Crippen molar-refractivity contribution in [3.8, 4) is 11.5 Å². The molecule has 3 N–H and O–H groups in total. The molecule has 13 heavy (non-hydrogen) atoms. The molecule has 0 heterocycles. The molecule has 1 rings (SSSR count). The Morgan fingerprint density at radius 1 is 1.46 bits per heavy atom. The molecule has 0 bridgehead atoms. The van der Waals surface area contributed by atoms with Gasteiger partial charge in [-0.3, -0.25) is 0 Å². The van der Waals surface area contributed by atoms with Crippen molar-refractivity contribution in [3.05, 3.63) is 23.8 Å². The monoisotopic (exact) mass is 203 g/mol. The lowest BCUT2D eigenvalue weighted by molar-refractivity contribution is 0.373. The summed E-state index contributed by atoms with van der Waals surface area (Å²) in [5.74, 6) is 0.603. The lowest BCUT2D eigenvalue weighted by Crippen LogP contribution is -2.04. The number of phenols is 1. The number of halogens is 1. The normalized spacial score (nSPS) is 11.6. The summed E-state index contributed by atoms with van der Waals surface area (Å²) in [7, 11) is 1.51. The molecule has 0 saturated carbocycles. The summed E-state index contributed by atoms with van der Waals surface area (Å²) in [4.78, 5) is 0. The summed E-state index contributed by atoms with van der Waals surface area (Å²) in [5, 5.41) is 9.36. The van der Waals surface area contributed by atoms with E-state index in [0.29, 0.717) is 5.75 Å². The second kappa shape index (κ2) is 4.94. The third-order valence-corrected chi connectivity index (χ3v) is 1.73. The first-order chi connectivity index (χ1) is 5.65. The Hall–Kier alpha value is -0.930. The van der Waals surface area contributed by atoms with Crippen LogP contribution in [0, 0.1) is 0 Å². The van der Waals surface area contributed by atoms with Gasteiger partial charge in [-0.1, -0.05) is 6.07 Å². The van der Waals surface area contributed by atoms with Crippen molar-refractivity contribution in [2.45, 2.75) is 13.0 Å². The van der Waals surface area contributed by atoms with Crippen molar-refractivity contribution in [2.24, 2.45) is 5.73 Å². The van der Waals surface area contributed by atoms with Gasteiger partial charge in [0, 0.05) is 6.04 Å². The van der Waals surface area contributed by atoms with Gasteiger partial charge in [-0.25, -0.2) is 0 Å². The molecule has 0 spiro atoms. The van der Waals surface area contributed by atoms with Crippen LogP contribution in [0.15, 0.2) is 18.2 Å². The molecule has 1 aromatic rings. The van der Waals surface area contributed by atoms with Gasteiger partial charge in [0.15, 0.2) is 11.5 Å². The molecule has 0 fully saturated rings. The molecule has 3 nitrogen and oxygen atoms in total. The minimum Gasteiger partial charge on any atom is -0.504 e. The lowest BCUT2D eigenvalue weighted by atomic mass is 10.1. The van der Waals surface area contributed by atoms with E-state index < -0.39 is 0 Å². The van der Waals surface area contributed by atoms with Crippen LogP contribution in [-0.2, 0) is 0 Å². The zero-order valence-corrected chi connectivity index (χ0v) is 8.47. The average Bonchev–Trinajstić information content (AvgIpc) is 2.04. The number of rotatable bonds is 2. The Morgan fingerprint density at radius 2 is 2.08 bits per heavy atom. The van der Waals surface area contributed by atoms with Gasteiger partial charge in [0.05, 0.1) is 7.11 Å². The number of aromatic hydroxyl groups is 1. The summed E-state index contributed by atoms with van der Waals surface area (Å²) in [6.07, 6.45) is 0. The minimum atomic E-state index is -0.0678. The van der Waals surface area contributed by atoms with Gasteiger partial charge in [-0.2, -0.15) is 0 Å². The SMILES string of the molecule is COc1ccc([C@H](C)N)cc1O.Cl. The zero-order valence-electron chi connectivity index (χ0n) is 7.65. The molecule has 1 atom stereocenters.